The van der Waals surface area contributed by atoms with Gasteiger partial charge in [0.25, 0.3) is 11.5 Å². The molecule has 0 unspecified atom stereocenters. The minimum atomic E-state index is -0.614. The van der Waals surface area contributed by atoms with Gasteiger partial charge in [-0.2, -0.15) is 0 Å². The summed E-state index contributed by atoms with van der Waals surface area (Å²) in [4.78, 5) is 30.1. The van der Waals surface area contributed by atoms with Gasteiger partial charge in [-0.25, -0.2) is 9.87 Å². The van der Waals surface area contributed by atoms with Crippen molar-refractivity contribution in [2.24, 2.45) is 7.05 Å². The first-order valence-electron chi connectivity index (χ1n) is 7.99. The van der Waals surface area contributed by atoms with E-state index in [4.69, 9.17) is 9.25 Å². The fourth-order valence-corrected chi connectivity index (χ4v) is 2.62. The number of carbonyl (C=O) groups excluding carboxylic acids is 1. The molecule has 0 atom stereocenters. The third-order valence-corrected chi connectivity index (χ3v) is 3.91. The Morgan fingerprint density at radius 1 is 1.35 bits per heavy atom. The normalized spacial score (nSPS) is 10.9. The SMILES string of the molecule is CCONC(=O)c1c(Nc2ccc(C)cc2F)n(C)c(=O)c2ccoc12. The molecular weight excluding hydrogens is 341 g/mol. The molecule has 26 heavy (non-hydrogen) atoms. The van der Waals surface area contributed by atoms with Crippen LogP contribution in [-0.4, -0.2) is 17.1 Å². The van der Waals surface area contributed by atoms with Crippen LogP contribution in [-0.2, 0) is 11.9 Å². The van der Waals surface area contributed by atoms with Gasteiger partial charge < -0.3 is 9.73 Å². The monoisotopic (exact) mass is 359 g/mol. The Labute approximate surface area is 148 Å². The highest BCUT2D eigenvalue weighted by atomic mass is 19.1. The Morgan fingerprint density at radius 2 is 2.12 bits per heavy atom. The van der Waals surface area contributed by atoms with Crippen LogP contribution in [0.15, 0.2) is 39.7 Å². The topological polar surface area (TPSA) is 85.5 Å². The van der Waals surface area contributed by atoms with Crippen LogP contribution in [0, 0.1) is 12.7 Å². The number of rotatable bonds is 5. The molecular formula is C18H18FN3O4. The van der Waals surface area contributed by atoms with Gasteiger partial charge in [0.15, 0.2) is 5.58 Å². The van der Waals surface area contributed by atoms with Crippen LogP contribution >= 0.6 is 0 Å². The van der Waals surface area contributed by atoms with E-state index >= 15 is 0 Å². The molecule has 0 saturated carbocycles. The predicted molar refractivity (Wildman–Crippen MR) is 95.0 cm³/mol. The Morgan fingerprint density at radius 3 is 2.81 bits per heavy atom. The van der Waals surface area contributed by atoms with Crippen molar-refractivity contribution in [1.29, 1.82) is 0 Å². The summed E-state index contributed by atoms with van der Waals surface area (Å²) in [6.45, 7) is 3.73. The maximum absolute atomic E-state index is 14.3. The van der Waals surface area contributed by atoms with E-state index in [1.807, 2.05) is 0 Å². The molecule has 2 N–H and O–H groups in total. The van der Waals surface area contributed by atoms with Gasteiger partial charge in [0.2, 0.25) is 0 Å². The van der Waals surface area contributed by atoms with Crippen molar-refractivity contribution < 1.29 is 18.4 Å². The largest absolute Gasteiger partial charge is 0.463 e. The third kappa shape index (κ3) is 3.06. The molecule has 136 valence electrons. The minimum absolute atomic E-state index is 0.0422. The van der Waals surface area contributed by atoms with Gasteiger partial charge in [0.05, 0.1) is 23.9 Å². The summed E-state index contributed by atoms with van der Waals surface area (Å²) in [5, 5.41) is 3.07. The lowest BCUT2D eigenvalue weighted by atomic mass is 10.1. The number of aromatic nitrogens is 1. The molecule has 0 saturated heterocycles. The number of amides is 1. The van der Waals surface area contributed by atoms with Crippen LogP contribution in [0.25, 0.3) is 11.0 Å². The number of anilines is 2. The van der Waals surface area contributed by atoms with Gasteiger partial charge in [-0.3, -0.25) is 19.0 Å². The van der Waals surface area contributed by atoms with E-state index in [0.717, 1.165) is 5.56 Å². The number of furan rings is 1. The Balaban J connectivity index is 2.20. The molecule has 0 fully saturated rings. The molecule has 0 aliphatic rings. The fourth-order valence-electron chi connectivity index (χ4n) is 2.62. The Hall–Kier alpha value is -3.13. The minimum Gasteiger partial charge on any atom is -0.463 e. The number of nitrogens with zero attached hydrogens (tertiary/aromatic N) is 1. The molecule has 2 heterocycles. The fraction of sp³-hybridized carbons (Fsp3) is 0.222. The number of aryl methyl sites for hydroxylation is 1. The molecule has 3 rings (SSSR count). The van der Waals surface area contributed by atoms with Gasteiger partial charge in [-0.1, -0.05) is 6.07 Å². The van der Waals surface area contributed by atoms with E-state index in [2.05, 4.69) is 10.8 Å². The molecule has 0 spiro atoms. The quantitative estimate of drug-likeness (QED) is 0.684. The number of nitrogens with one attached hydrogen (secondary N) is 2. The van der Waals surface area contributed by atoms with E-state index in [-0.39, 0.29) is 40.2 Å². The number of carbonyl (C=O) groups is 1. The lowest BCUT2D eigenvalue weighted by Crippen LogP contribution is -2.29. The highest BCUT2D eigenvalue weighted by Crippen LogP contribution is 2.28. The van der Waals surface area contributed by atoms with Crippen LogP contribution in [0.5, 0.6) is 0 Å². The Kier molecular flexibility index (Phi) is 4.77. The van der Waals surface area contributed by atoms with E-state index in [9.17, 15) is 14.0 Å². The first kappa shape index (κ1) is 17.7. The van der Waals surface area contributed by atoms with Gasteiger partial charge in [0.1, 0.15) is 17.2 Å². The summed E-state index contributed by atoms with van der Waals surface area (Å²) >= 11 is 0. The number of fused-ring (bicyclic) bond motifs is 1. The van der Waals surface area contributed by atoms with Crippen molar-refractivity contribution in [3.63, 3.8) is 0 Å². The third-order valence-electron chi connectivity index (χ3n) is 3.91. The summed E-state index contributed by atoms with van der Waals surface area (Å²) < 4.78 is 20.8. The average molecular weight is 359 g/mol. The van der Waals surface area contributed by atoms with Gasteiger partial charge in [-0.15, -0.1) is 0 Å². The summed E-state index contributed by atoms with van der Waals surface area (Å²) in [7, 11) is 1.49. The van der Waals surface area contributed by atoms with Gasteiger partial charge in [0, 0.05) is 7.05 Å². The number of hydrogen-bond donors (Lipinski definition) is 2. The second-order valence-corrected chi connectivity index (χ2v) is 5.72. The average Bonchev–Trinajstić information content (AvgIpc) is 3.09. The molecule has 7 nitrogen and oxygen atoms in total. The van der Waals surface area contributed by atoms with Crippen molar-refractivity contribution in [1.82, 2.24) is 10.0 Å². The second-order valence-electron chi connectivity index (χ2n) is 5.72. The first-order chi connectivity index (χ1) is 12.4. The van der Waals surface area contributed by atoms with Crippen LogP contribution in [0.1, 0.15) is 22.8 Å². The highest BCUT2D eigenvalue weighted by Gasteiger charge is 2.24. The van der Waals surface area contributed by atoms with E-state index in [1.165, 1.54) is 36.1 Å². The molecule has 1 amide bonds. The van der Waals surface area contributed by atoms with Gasteiger partial charge in [-0.05, 0) is 37.6 Å². The van der Waals surface area contributed by atoms with Crippen LogP contribution in [0.2, 0.25) is 0 Å². The number of hydrogen-bond acceptors (Lipinski definition) is 5. The number of halogens is 1. The Bertz CT molecular complexity index is 1040. The van der Waals surface area contributed by atoms with Crippen molar-refractivity contribution in [2.75, 3.05) is 11.9 Å². The second kappa shape index (κ2) is 7.01. The zero-order valence-corrected chi connectivity index (χ0v) is 14.6. The van der Waals surface area contributed by atoms with Gasteiger partial charge >= 0.3 is 0 Å². The number of pyridine rings is 1. The zero-order chi connectivity index (χ0) is 18.8. The maximum Gasteiger partial charge on any atom is 0.282 e. The summed E-state index contributed by atoms with van der Waals surface area (Å²) in [5.74, 6) is -1.03. The smallest absolute Gasteiger partial charge is 0.282 e. The molecule has 2 aromatic heterocycles. The molecule has 0 bridgehead atoms. The number of hydroxylamine groups is 1. The zero-order valence-electron chi connectivity index (χ0n) is 14.6. The maximum atomic E-state index is 14.3. The molecule has 8 heteroatoms. The summed E-state index contributed by atoms with van der Waals surface area (Å²) in [5.41, 5.74) is 2.92. The van der Waals surface area contributed by atoms with Crippen LogP contribution < -0.4 is 16.4 Å². The van der Waals surface area contributed by atoms with E-state index < -0.39 is 11.7 Å². The predicted octanol–water partition coefficient (Wildman–Crippen LogP) is 3.00. The molecule has 3 aromatic rings. The standard InChI is InChI=1S/C18H18FN3O4/c1-4-26-21-17(23)14-15-11(7-8-25-15)18(24)22(3)16(14)20-13-6-5-10(2)9-12(13)19/h5-9,20H,4H2,1-3H3,(H,21,23). The highest BCUT2D eigenvalue weighted by molar-refractivity contribution is 6.09. The van der Waals surface area contributed by atoms with E-state index in [1.54, 1.807) is 19.9 Å². The lowest BCUT2D eigenvalue weighted by Gasteiger charge is -2.16. The molecule has 1 aromatic carbocycles. The first-order valence-corrected chi connectivity index (χ1v) is 7.99. The van der Waals surface area contributed by atoms with Crippen molar-refractivity contribution in [2.45, 2.75) is 13.8 Å². The van der Waals surface area contributed by atoms with Crippen molar-refractivity contribution >= 4 is 28.4 Å². The van der Waals surface area contributed by atoms with Crippen LogP contribution in [0.4, 0.5) is 15.9 Å². The molecule has 0 radical (unpaired) electrons. The molecule has 0 aliphatic carbocycles. The summed E-state index contributed by atoms with van der Waals surface area (Å²) in [6, 6.07) is 6.08. The lowest BCUT2D eigenvalue weighted by molar-refractivity contribution is 0.0365. The van der Waals surface area contributed by atoms with Crippen molar-refractivity contribution in [3.05, 3.63) is 57.8 Å². The van der Waals surface area contributed by atoms with Crippen molar-refractivity contribution in [3.8, 4) is 0 Å². The van der Waals surface area contributed by atoms with E-state index in [0.29, 0.717) is 0 Å². The van der Waals surface area contributed by atoms with Crippen LogP contribution in [0.3, 0.4) is 0 Å². The molecule has 0 aliphatic heterocycles. The summed E-state index contributed by atoms with van der Waals surface area (Å²) in [6.07, 6.45) is 1.32. The number of benzene rings is 1.